The summed E-state index contributed by atoms with van der Waals surface area (Å²) in [6.07, 6.45) is 0. The third-order valence-corrected chi connectivity index (χ3v) is 2.81. The molecule has 1 heterocycles. The summed E-state index contributed by atoms with van der Waals surface area (Å²) < 4.78 is 10.4. The van der Waals surface area contributed by atoms with Gasteiger partial charge in [0.15, 0.2) is 5.82 Å². The minimum absolute atomic E-state index is 0.133. The van der Waals surface area contributed by atoms with Crippen LogP contribution in [-0.4, -0.2) is 23.2 Å². The van der Waals surface area contributed by atoms with E-state index in [0.717, 1.165) is 5.69 Å². The molecule has 0 radical (unpaired) electrons. The summed E-state index contributed by atoms with van der Waals surface area (Å²) in [6, 6.07) is 5.15. The molecule has 0 aliphatic rings. The van der Waals surface area contributed by atoms with Gasteiger partial charge in [-0.2, -0.15) is 4.98 Å². The van der Waals surface area contributed by atoms with Crippen LogP contribution in [0.2, 0.25) is 0 Å². The zero-order chi connectivity index (χ0) is 15.4. The topological polar surface area (TPSA) is 89.3 Å². The Morgan fingerprint density at radius 1 is 1.43 bits per heavy atom. The molecule has 0 spiro atoms. The lowest BCUT2D eigenvalue weighted by molar-refractivity contribution is -0.114. The van der Waals surface area contributed by atoms with E-state index in [1.165, 1.54) is 6.92 Å². The van der Waals surface area contributed by atoms with Gasteiger partial charge in [-0.25, -0.2) is 0 Å². The highest BCUT2D eigenvalue weighted by molar-refractivity contribution is 5.89. The molecule has 0 aliphatic heterocycles. The molecule has 1 amide bonds. The standard InChI is InChI=1S/C14H18N4O3/c1-8(14-16-9(2)18-21-14)15-12-7-11(17-10(3)19)5-6-13(12)20-4/h5-8,15H,1-4H3,(H,17,19)/t8-/m1/s1. The van der Waals surface area contributed by atoms with Crippen molar-refractivity contribution in [3.05, 3.63) is 29.9 Å². The number of nitrogens with zero attached hydrogens (tertiary/aromatic N) is 2. The molecule has 1 atom stereocenters. The Morgan fingerprint density at radius 2 is 2.19 bits per heavy atom. The maximum atomic E-state index is 11.1. The second-order valence-electron chi connectivity index (χ2n) is 4.64. The van der Waals surface area contributed by atoms with Crippen molar-refractivity contribution in [2.24, 2.45) is 0 Å². The first kappa shape index (κ1) is 14.8. The SMILES string of the molecule is COc1ccc(NC(C)=O)cc1N[C@H](C)c1nc(C)no1. The number of benzene rings is 1. The molecule has 0 unspecified atom stereocenters. The summed E-state index contributed by atoms with van der Waals surface area (Å²) in [5.74, 6) is 1.59. The van der Waals surface area contributed by atoms with Crippen LogP contribution in [0.25, 0.3) is 0 Å². The number of nitrogens with one attached hydrogen (secondary N) is 2. The molecule has 0 saturated carbocycles. The Balaban J connectivity index is 2.22. The van der Waals surface area contributed by atoms with Crippen molar-refractivity contribution in [3.63, 3.8) is 0 Å². The molecule has 7 nitrogen and oxygen atoms in total. The van der Waals surface area contributed by atoms with Gasteiger partial charge in [-0.3, -0.25) is 4.79 Å². The fourth-order valence-corrected chi connectivity index (χ4v) is 1.89. The number of methoxy groups -OCH3 is 1. The van der Waals surface area contributed by atoms with Crippen LogP contribution in [0.5, 0.6) is 5.75 Å². The maximum absolute atomic E-state index is 11.1. The van der Waals surface area contributed by atoms with Gasteiger partial charge in [-0.05, 0) is 32.0 Å². The van der Waals surface area contributed by atoms with Crippen LogP contribution < -0.4 is 15.4 Å². The zero-order valence-corrected chi connectivity index (χ0v) is 12.4. The molecule has 0 saturated heterocycles. The Morgan fingerprint density at radius 3 is 2.76 bits per heavy atom. The van der Waals surface area contributed by atoms with Crippen LogP contribution in [0.15, 0.2) is 22.7 Å². The van der Waals surface area contributed by atoms with Crippen LogP contribution >= 0.6 is 0 Å². The van der Waals surface area contributed by atoms with Crippen LogP contribution in [0, 0.1) is 6.92 Å². The van der Waals surface area contributed by atoms with E-state index < -0.39 is 0 Å². The lowest BCUT2D eigenvalue weighted by atomic mass is 10.2. The van der Waals surface area contributed by atoms with Crippen molar-refractivity contribution < 1.29 is 14.1 Å². The second kappa shape index (κ2) is 6.25. The molecule has 2 rings (SSSR count). The van der Waals surface area contributed by atoms with Crippen molar-refractivity contribution in [2.75, 3.05) is 17.7 Å². The van der Waals surface area contributed by atoms with Gasteiger partial charge in [0, 0.05) is 12.6 Å². The van der Waals surface area contributed by atoms with Crippen LogP contribution in [0.3, 0.4) is 0 Å². The van der Waals surface area contributed by atoms with Gasteiger partial charge in [0.25, 0.3) is 0 Å². The van der Waals surface area contributed by atoms with Crippen LogP contribution in [0.4, 0.5) is 11.4 Å². The highest BCUT2D eigenvalue weighted by Crippen LogP contribution is 2.30. The quantitative estimate of drug-likeness (QED) is 0.879. The van der Waals surface area contributed by atoms with E-state index in [1.807, 2.05) is 6.92 Å². The minimum atomic E-state index is -0.187. The molecule has 2 N–H and O–H groups in total. The Kier molecular flexibility index (Phi) is 4.42. The number of carbonyl (C=O) groups is 1. The molecule has 1 aromatic heterocycles. The molecule has 0 aliphatic carbocycles. The van der Waals surface area contributed by atoms with E-state index in [2.05, 4.69) is 20.8 Å². The predicted octanol–water partition coefficient (Wildman–Crippen LogP) is 2.52. The molecule has 21 heavy (non-hydrogen) atoms. The third kappa shape index (κ3) is 3.71. The molecule has 2 aromatic rings. The van der Waals surface area contributed by atoms with Crippen molar-refractivity contribution >= 4 is 17.3 Å². The first-order valence-corrected chi connectivity index (χ1v) is 6.52. The Hall–Kier alpha value is -2.57. The minimum Gasteiger partial charge on any atom is -0.495 e. The molecule has 7 heteroatoms. The molecular formula is C14H18N4O3. The molecular weight excluding hydrogens is 272 g/mol. The fraction of sp³-hybridized carbons (Fsp3) is 0.357. The van der Waals surface area contributed by atoms with Gasteiger partial charge in [0.05, 0.1) is 12.8 Å². The number of hydrogen-bond acceptors (Lipinski definition) is 6. The summed E-state index contributed by atoms with van der Waals surface area (Å²) in [5.41, 5.74) is 1.41. The number of carbonyl (C=O) groups excluding carboxylic acids is 1. The van der Waals surface area contributed by atoms with E-state index in [1.54, 1.807) is 32.2 Å². The number of amides is 1. The summed E-state index contributed by atoms with van der Waals surface area (Å²) in [5, 5.41) is 9.72. The first-order valence-electron chi connectivity index (χ1n) is 6.52. The molecule has 0 bridgehead atoms. The average Bonchev–Trinajstić information content (AvgIpc) is 2.85. The largest absolute Gasteiger partial charge is 0.495 e. The monoisotopic (exact) mass is 290 g/mol. The predicted molar refractivity (Wildman–Crippen MR) is 78.4 cm³/mol. The van der Waals surface area contributed by atoms with Gasteiger partial charge < -0.3 is 19.9 Å². The number of hydrogen-bond donors (Lipinski definition) is 2. The number of aromatic nitrogens is 2. The maximum Gasteiger partial charge on any atom is 0.248 e. The van der Waals surface area contributed by atoms with Gasteiger partial charge in [0.1, 0.15) is 11.8 Å². The van der Waals surface area contributed by atoms with Crippen molar-refractivity contribution in [3.8, 4) is 5.75 Å². The first-order chi connectivity index (χ1) is 9.99. The van der Waals surface area contributed by atoms with Crippen LogP contribution in [-0.2, 0) is 4.79 Å². The Labute approximate surface area is 122 Å². The lowest BCUT2D eigenvalue weighted by Gasteiger charge is -2.16. The number of rotatable bonds is 5. The summed E-state index contributed by atoms with van der Waals surface area (Å²) in [7, 11) is 1.58. The van der Waals surface area contributed by atoms with Gasteiger partial charge in [-0.15, -0.1) is 0 Å². The highest BCUT2D eigenvalue weighted by atomic mass is 16.5. The highest BCUT2D eigenvalue weighted by Gasteiger charge is 2.15. The number of aryl methyl sites for hydroxylation is 1. The molecule has 1 aromatic carbocycles. The zero-order valence-electron chi connectivity index (χ0n) is 12.4. The summed E-state index contributed by atoms with van der Waals surface area (Å²) >= 11 is 0. The van der Waals surface area contributed by atoms with Crippen molar-refractivity contribution in [1.82, 2.24) is 10.1 Å². The normalized spacial score (nSPS) is 11.8. The van der Waals surface area contributed by atoms with Crippen molar-refractivity contribution in [1.29, 1.82) is 0 Å². The summed E-state index contributed by atoms with van der Waals surface area (Å²) in [4.78, 5) is 15.3. The van der Waals surface area contributed by atoms with E-state index in [9.17, 15) is 4.79 Å². The van der Waals surface area contributed by atoms with Gasteiger partial charge >= 0.3 is 0 Å². The van der Waals surface area contributed by atoms with Crippen molar-refractivity contribution in [2.45, 2.75) is 26.8 Å². The summed E-state index contributed by atoms with van der Waals surface area (Å²) in [6.45, 7) is 5.12. The van der Waals surface area contributed by atoms with E-state index in [0.29, 0.717) is 23.2 Å². The Bertz CT molecular complexity index is 639. The fourth-order valence-electron chi connectivity index (χ4n) is 1.89. The number of ether oxygens (including phenoxy) is 1. The van der Waals surface area contributed by atoms with Crippen LogP contribution in [0.1, 0.15) is 31.6 Å². The lowest BCUT2D eigenvalue weighted by Crippen LogP contribution is -2.10. The smallest absolute Gasteiger partial charge is 0.248 e. The second-order valence-corrected chi connectivity index (χ2v) is 4.64. The third-order valence-electron chi connectivity index (χ3n) is 2.81. The van der Waals surface area contributed by atoms with E-state index >= 15 is 0 Å². The number of anilines is 2. The molecule has 0 fully saturated rings. The van der Waals surface area contributed by atoms with Gasteiger partial charge in [-0.1, -0.05) is 5.16 Å². The molecule has 112 valence electrons. The van der Waals surface area contributed by atoms with E-state index in [-0.39, 0.29) is 11.9 Å². The average molecular weight is 290 g/mol. The van der Waals surface area contributed by atoms with Gasteiger partial charge in [0.2, 0.25) is 11.8 Å². The van der Waals surface area contributed by atoms with E-state index in [4.69, 9.17) is 9.26 Å².